The third kappa shape index (κ3) is 2.40. The van der Waals surface area contributed by atoms with Crippen molar-refractivity contribution in [3.63, 3.8) is 0 Å². The summed E-state index contributed by atoms with van der Waals surface area (Å²) in [6.45, 7) is 3.08. The van der Waals surface area contributed by atoms with E-state index in [1.165, 1.54) is 12.8 Å². The second-order valence-electron chi connectivity index (χ2n) is 6.85. The van der Waals surface area contributed by atoms with E-state index in [4.69, 9.17) is 5.73 Å². The molecule has 1 aliphatic carbocycles. The third-order valence-electron chi connectivity index (χ3n) is 5.43. The molecule has 4 heteroatoms. The first kappa shape index (κ1) is 14.7. The van der Waals surface area contributed by atoms with Crippen LogP contribution in [0.4, 0.5) is 11.4 Å². The van der Waals surface area contributed by atoms with Crippen LogP contribution in [0.3, 0.4) is 0 Å². The van der Waals surface area contributed by atoms with Gasteiger partial charge in [0.1, 0.15) is 0 Å². The smallest absolute Gasteiger partial charge is 0.208 e. The molecule has 3 atom stereocenters. The molecule has 2 aliphatic rings. The molecule has 1 aliphatic heterocycles. The Morgan fingerprint density at radius 2 is 1.95 bits per heavy atom. The van der Waals surface area contributed by atoms with E-state index in [9.17, 15) is 5.11 Å². The van der Waals surface area contributed by atoms with Gasteiger partial charge in [-0.3, -0.25) is 0 Å². The minimum absolute atomic E-state index is 0.00417. The van der Waals surface area contributed by atoms with Gasteiger partial charge in [-0.15, -0.1) is 0 Å². The number of hydrogen-bond donors (Lipinski definition) is 2. The third-order valence-corrected chi connectivity index (χ3v) is 5.43. The fourth-order valence-corrected chi connectivity index (χ4v) is 3.99. The normalized spacial score (nSPS) is 33.0. The summed E-state index contributed by atoms with van der Waals surface area (Å²) in [4.78, 5) is 4.19. The molecule has 0 radical (unpaired) electrons. The lowest BCUT2D eigenvalue weighted by molar-refractivity contribution is 0.141. The Balaban J connectivity index is 1.92. The lowest BCUT2D eigenvalue weighted by Crippen LogP contribution is -2.54. The maximum atomic E-state index is 10.7. The van der Waals surface area contributed by atoms with Gasteiger partial charge in [-0.05, 0) is 57.2 Å². The number of anilines is 2. The van der Waals surface area contributed by atoms with Gasteiger partial charge in [0.25, 0.3) is 0 Å². The maximum Gasteiger partial charge on any atom is 0.208 e. The molecular formula is C17H27N3O. The van der Waals surface area contributed by atoms with Crippen molar-refractivity contribution in [3.8, 4) is 0 Å². The van der Waals surface area contributed by atoms with E-state index in [0.29, 0.717) is 5.92 Å². The highest BCUT2D eigenvalue weighted by atomic mass is 16.3. The van der Waals surface area contributed by atoms with E-state index >= 15 is 0 Å². The van der Waals surface area contributed by atoms with Crippen molar-refractivity contribution >= 4 is 11.4 Å². The zero-order chi connectivity index (χ0) is 15.0. The van der Waals surface area contributed by atoms with Crippen LogP contribution in [0.5, 0.6) is 0 Å². The molecule has 1 aromatic carbocycles. The number of benzene rings is 1. The van der Waals surface area contributed by atoms with Crippen LogP contribution in [0, 0.1) is 5.92 Å². The summed E-state index contributed by atoms with van der Waals surface area (Å²) in [5.74, 6) is 0.638. The van der Waals surface area contributed by atoms with Crippen LogP contribution in [0.15, 0.2) is 24.3 Å². The zero-order valence-corrected chi connectivity index (χ0v) is 13.1. The number of nitrogens with two attached hydrogens (primary N) is 1. The second kappa shape index (κ2) is 5.50. The van der Waals surface area contributed by atoms with E-state index in [2.05, 4.69) is 30.0 Å². The molecule has 3 unspecified atom stereocenters. The van der Waals surface area contributed by atoms with Crippen LogP contribution in [0.2, 0.25) is 0 Å². The predicted octanol–water partition coefficient (Wildman–Crippen LogP) is 2.52. The molecular weight excluding hydrogens is 262 g/mol. The van der Waals surface area contributed by atoms with E-state index in [1.54, 1.807) is 0 Å². The second-order valence-corrected chi connectivity index (χ2v) is 6.85. The summed E-state index contributed by atoms with van der Waals surface area (Å²) in [6.07, 6.45) is 5.20. The maximum absolute atomic E-state index is 10.7. The van der Waals surface area contributed by atoms with Gasteiger partial charge in [0.15, 0.2) is 0 Å². The topological polar surface area (TPSA) is 52.7 Å². The van der Waals surface area contributed by atoms with Gasteiger partial charge in [-0.2, -0.15) is 0 Å². The Morgan fingerprint density at radius 1 is 1.24 bits per heavy atom. The number of nitrogens with zero attached hydrogens (tertiary/aromatic N) is 2. The van der Waals surface area contributed by atoms with Crippen LogP contribution < -0.4 is 15.5 Å². The monoisotopic (exact) mass is 289 g/mol. The number of para-hydroxylation sites is 2. The van der Waals surface area contributed by atoms with Crippen molar-refractivity contribution in [2.45, 2.75) is 50.9 Å². The van der Waals surface area contributed by atoms with Crippen molar-refractivity contribution in [2.75, 3.05) is 23.4 Å². The van der Waals surface area contributed by atoms with Gasteiger partial charge in [0.05, 0.1) is 11.4 Å². The lowest BCUT2D eigenvalue weighted by atomic mass is 9.89. The molecule has 4 nitrogen and oxygen atoms in total. The average Bonchev–Trinajstić information content (AvgIpc) is 2.64. The Bertz CT molecular complexity index is 507. The Kier molecular flexibility index (Phi) is 3.84. The van der Waals surface area contributed by atoms with E-state index < -0.39 is 6.35 Å². The summed E-state index contributed by atoms with van der Waals surface area (Å²) >= 11 is 0. The number of hydrogen-bond acceptors (Lipinski definition) is 4. The highest BCUT2D eigenvalue weighted by Crippen LogP contribution is 2.46. The highest BCUT2D eigenvalue weighted by molar-refractivity contribution is 5.77. The summed E-state index contributed by atoms with van der Waals surface area (Å²) in [7, 11) is 1.96. The van der Waals surface area contributed by atoms with Crippen LogP contribution in [0.25, 0.3) is 0 Å². The van der Waals surface area contributed by atoms with Crippen molar-refractivity contribution in [3.05, 3.63) is 24.3 Å². The average molecular weight is 289 g/mol. The molecule has 21 heavy (non-hydrogen) atoms. The minimum Gasteiger partial charge on any atom is -0.356 e. The van der Waals surface area contributed by atoms with Crippen LogP contribution in [0.1, 0.15) is 39.0 Å². The molecule has 3 N–H and O–H groups in total. The molecule has 0 spiro atoms. The summed E-state index contributed by atoms with van der Waals surface area (Å²) < 4.78 is 0. The standard InChI is InChI=1S/C17H27N3O/c1-17(10-5-6-13(12-18)9-11-17)20-15-8-4-3-7-14(15)19(2)16(20)21/h3-4,7-8,13,16,21H,5-6,9-12,18H2,1-2H3. The molecule has 1 saturated carbocycles. The fraction of sp³-hybridized carbons (Fsp3) is 0.647. The molecule has 0 amide bonds. The van der Waals surface area contributed by atoms with E-state index in [1.807, 2.05) is 18.0 Å². The lowest BCUT2D eigenvalue weighted by Gasteiger charge is -2.42. The summed E-state index contributed by atoms with van der Waals surface area (Å²) in [5, 5.41) is 10.7. The minimum atomic E-state index is -0.568. The molecule has 1 aromatic rings. The Labute approximate surface area is 127 Å². The van der Waals surface area contributed by atoms with Crippen LogP contribution in [-0.4, -0.2) is 30.6 Å². The quantitative estimate of drug-likeness (QED) is 0.822. The Morgan fingerprint density at radius 3 is 2.67 bits per heavy atom. The molecule has 1 fully saturated rings. The first-order valence-electron chi connectivity index (χ1n) is 8.06. The summed E-state index contributed by atoms with van der Waals surface area (Å²) in [6, 6.07) is 8.30. The van der Waals surface area contributed by atoms with E-state index in [0.717, 1.165) is 37.2 Å². The number of fused-ring (bicyclic) bond motifs is 1. The van der Waals surface area contributed by atoms with Crippen LogP contribution >= 0.6 is 0 Å². The fourth-order valence-electron chi connectivity index (χ4n) is 3.99. The predicted molar refractivity (Wildman–Crippen MR) is 87.4 cm³/mol. The largest absolute Gasteiger partial charge is 0.356 e. The van der Waals surface area contributed by atoms with Gasteiger partial charge < -0.3 is 20.6 Å². The Hall–Kier alpha value is -1.26. The molecule has 0 aromatic heterocycles. The molecule has 0 bridgehead atoms. The highest BCUT2D eigenvalue weighted by Gasteiger charge is 2.43. The van der Waals surface area contributed by atoms with Gasteiger partial charge >= 0.3 is 0 Å². The number of aliphatic hydroxyl groups excluding tert-OH is 1. The zero-order valence-electron chi connectivity index (χ0n) is 13.1. The SMILES string of the molecule is CN1c2ccccc2N(C2(C)CCCC(CN)CC2)C1O. The first-order chi connectivity index (χ1) is 10.1. The van der Waals surface area contributed by atoms with Gasteiger partial charge in [0, 0.05) is 12.6 Å². The van der Waals surface area contributed by atoms with Crippen LogP contribution in [-0.2, 0) is 0 Å². The van der Waals surface area contributed by atoms with Gasteiger partial charge in [0.2, 0.25) is 6.35 Å². The molecule has 0 saturated heterocycles. The molecule has 1 heterocycles. The van der Waals surface area contributed by atoms with Crippen molar-refractivity contribution < 1.29 is 5.11 Å². The van der Waals surface area contributed by atoms with Crippen molar-refractivity contribution in [1.29, 1.82) is 0 Å². The molecule has 3 rings (SSSR count). The van der Waals surface area contributed by atoms with Crippen molar-refractivity contribution in [2.24, 2.45) is 11.7 Å². The van der Waals surface area contributed by atoms with Gasteiger partial charge in [-0.25, -0.2) is 0 Å². The van der Waals surface area contributed by atoms with Crippen molar-refractivity contribution in [1.82, 2.24) is 0 Å². The first-order valence-corrected chi connectivity index (χ1v) is 8.06. The summed E-state index contributed by atoms with van der Waals surface area (Å²) in [5.41, 5.74) is 8.14. The molecule has 116 valence electrons. The number of aliphatic hydroxyl groups is 1. The number of rotatable bonds is 2. The van der Waals surface area contributed by atoms with Gasteiger partial charge in [-0.1, -0.05) is 18.6 Å². The van der Waals surface area contributed by atoms with E-state index in [-0.39, 0.29) is 5.54 Å².